The van der Waals surface area contributed by atoms with E-state index in [1.165, 1.54) is 23.9 Å². The SMILES string of the molecule is COc1cc(/C=C2\SC(=Nc3cc(C)c(Br)c(C)c3)NC2=O)cc(Br)c1OCc1ccc(F)cc1. The Morgan fingerprint density at radius 2 is 1.77 bits per heavy atom. The molecule has 0 aromatic heterocycles. The summed E-state index contributed by atoms with van der Waals surface area (Å²) in [5.74, 6) is 0.511. The van der Waals surface area contributed by atoms with E-state index in [1.54, 1.807) is 31.4 Å². The van der Waals surface area contributed by atoms with Crippen LogP contribution in [0.5, 0.6) is 11.5 Å². The van der Waals surface area contributed by atoms with E-state index in [1.807, 2.05) is 32.0 Å². The Kier molecular flexibility index (Phi) is 7.98. The molecule has 1 aliphatic heterocycles. The highest BCUT2D eigenvalue weighted by Gasteiger charge is 2.24. The molecule has 0 atom stereocenters. The number of aliphatic imine (C=N–C) groups is 1. The molecule has 180 valence electrons. The summed E-state index contributed by atoms with van der Waals surface area (Å²) in [5.41, 5.74) is 4.52. The van der Waals surface area contributed by atoms with Crippen molar-refractivity contribution in [3.63, 3.8) is 0 Å². The maximum Gasteiger partial charge on any atom is 0.264 e. The maximum atomic E-state index is 13.1. The van der Waals surface area contributed by atoms with Crippen molar-refractivity contribution in [3.05, 3.63) is 90.5 Å². The highest BCUT2D eigenvalue weighted by atomic mass is 79.9. The van der Waals surface area contributed by atoms with Crippen LogP contribution in [0.1, 0.15) is 22.3 Å². The van der Waals surface area contributed by atoms with Crippen LogP contribution in [-0.2, 0) is 11.4 Å². The number of methoxy groups -OCH3 is 1. The van der Waals surface area contributed by atoms with Crippen LogP contribution >= 0.6 is 43.6 Å². The molecule has 0 bridgehead atoms. The lowest BCUT2D eigenvalue weighted by Gasteiger charge is -2.14. The van der Waals surface area contributed by atoms with Crippen LogP contribution < -0.4 is 14.8 Å². The molecule has 1 amide bonds. The lowest BCUT2D eigenvalue weighted by molar-refractivity contribution is -0.115. The van der Waals surface area contributed by atoms with Gasteiger partial charge in [0, 0.05) is 4.47 Å². The van der Waals surface area contributed by atoms with Gasteiger partial charge in [-0.25, -0.2) is 9.38 Å². The Hall–Kier alpha value is -2.62. The molecule has 5 nitrogen and oxygen atoms in total. The van der Waals surface area contributed by atoms with Gasteiger partial charge in [-0.1, -0.05) is 28.1 Å². The number of carbonyl (C=O) groups is 1. The number of aryl methyl sites for hydroxylation is 2. The first-order valence-corrected chi connectivity index (χ1v) is 12.9. The zero-order valence-corrected chi connectivity index (χ0v) is 23.1. The summed E-state index contributed by atoms with van der Waals surface area (Å²) < 4.78 is 26.3. The molecule has 4 rings (SSSR count). The Labute approximate surface area is 224 Å². The van der Waals surface area contributed by atoms with E-state index in [0.717, 1.165) is 32.4 Å². The predicted molar refractivity (Wildman–Crippen MR) is 146 cm³/mol. The molecule has 1 N–H and O–H groups in total. The van der Waals surface area contributed by atoms with Crippen LogP contribution in [-0.4, -0.2) is 18.2 Å². The zero-order valence-electron chi connectivity index (χ0n) is 19.1. The van der Waals surface area contributed by atoms with E-state index in [0.29, 0.717) is 26.0 Å². The van der Waals surface area contributed by atoms with E-state index in [4.69, 9.17) is 9.47 Å². The van der Waals surface area contributed by atoms with Gasteiger partial charge in [-0.15, -0.1) is 0 Å². The number of hydrogen-bond donors (Lipinski definition) is 1. The fraction of sp³-hybridized carbons (Fsp3) is 0.154. The summed E-state index contributed by atoms with van der Waals surface area (Å²) >= 11 is 8.37. The van der Waals surface area contributed by atoms with Crippen LogP contribution in [0.4, 0.5) is 10.1 Å². The van der Waals surface area contributed by atoms with Crippen LogP contribution in [0.15, 0.2) is 67.4 Å². The van der Waals surface area contributed by atoms with E-state index >= 15 is 0 Å². The van der Waals surface area contributed by atoms with Crippen molar-refractivity contribution >= 4 is 66.5 Å². The van der Waals surface area contributed by atoms with Crippen molar-refractivity contribution in [2.24, 2.45) is 4.99 Å². The third kappa shape index (κ3) is 6.15. The number of amidine groups is 1. The maximum absolute atomic E-state index is 13.1. The zero-order chi connectivity index (χ0) is 25.1. The quantitative estimate of drug-likeness (QED) is 0.291. The molecule has 0 spiro atoms. The summed E-state index contributed by atoms with van der Waals surface area (Å²) in [5, 5.41) is 3.34. The molecule has 0 aliphatic carbocycles. The van der Waals surface area contributed by atoms with Crippen molar-refractivity contribution in [1.82, 2.24) is 5.32 Å². The third-order valence-electron chi connectivity index (χ3n) is 5.15. The Morgan fingerprint density at radius 1 is 1.09 bits per heavy atom. The summed E-state index contributed by atoms with van der Waals surface area (Å²) in [7, 11) is 1.55. The summed E-state index contributed by atoms with van der Waals surface area (Å²) in [6.07, 6.45) is 1.78. The molecule has 0 saturated carbocycles. The van der Waals surface area contributed by atoms with Gasteiger partial charge in [0.05, 0.1) is 22.2 Å². The molecule has 1 heterocycles. The van der Waals surface area contributed by atoms with Crippen molar-refractivity contribution in [2.75, 3.05) is 7.11 Å². The summed E-state index contributed by atoms with van der Waals surface area (Å²) in [4.78, 5) is 17.7. The highest BCUT2D eigenvalue weighted by molar-refractivity contribution is 9.10. The first-order valence-electron chi connectivity index (χ1n) is 10.5. The molecule has 3 aromatic carbocycles. The van der Waals surface area contributed by atoms with Crippen molar-refractivity contribution in [2.45, 2.75) is 20.5 Å². The fourth-order valence-corrected chi connectivity index (χ4v) is 5.08. The minimum Gasteiger partial charge on any atom is -0.493 e. The van der Waals surface area contributed by atoms with Crippen LogP contribution in [0, 0.1) is 19.7 Å². The standard InChI is InChI=1S/C26H21Br2FN2O3S/c1-14-8-19(9-15(2)23(14)28)30-26-31-25(32)22(35-26)12-17-10-20(27)24(21(11-17)33-3)34-13-16-4-6-18(29)7-5-16/h4-12H,13H2,1-3H3,(H,30,31,32)/b22-12-. The lowest BCUT2D eigenvalue weighted by atomic mass is 10.1. The molecule has 0 unspecified atom stereocenters. The Balaban J connectivity index is 1.54. The van der Waals surface area contributed by atoms with Gasteiger partial charge in [-0.05, 0) is 106 Å². The van der Waals surface area contributed by atoms with E-state index in [-0.39, 0.29) is 18.3 Å². The number of rotatable bonds is 6. The average Bonchev–Trinajstić information content (AvgIpc) is 3.15. The van der Waals surface area contributed by atoms with Crippen molar-refractivity contribution < 1.29 is 18.7 Å². The average molecular weight is 620 g/mol. The molecular formula is C26H21Br2FN2O3S. The van der Waals surface area contributed by atoms with Gasteiger partial charge in [0.1, 0.15) is 12.4 Å². The second kappa shape index (κ2) is 11.0. The van der Waals surface area contributed by atoms with Crippen LogP contribution in [0.2, 0.25) is 0 Å². The van der Waals surface area contributed by atoms with Gasteiger partial charge in [0.25, 0.3) is 5.91 Å². The number of nitrogens with one attached hydrogen (secondary N) is 1. The number of amides is 1. The number of hydrogen-bond acceptors (Lipinski definition) is 5. The Bertz CT molecular complexity index is 1330. The van der Waals surface area contributed by atoms with Crippen molar-refractivity contribution in [3.8, 4) is 11.5 Å². The number of thioether (sulfide) groups is 1. The second-order valence-electron chi connectivity index (χ2n) is 7.82. The van der Waals surface area contributed by atoms with Gasteiger partial charge >= 0.3 is 0 Å². The minimum absolute atomic E-state index is 0.217. The van der Waals surface area contributed by atoms with Gasteiger partial charge in [0.15, 0.2) is 16.7 Å². The van der Waals surface area contributed by atoms with E-state index < -0.39 is 0 Å². The first kappa shape index (κ1) is 25.5. The van der Waals surface area contributed by atoms with E-state index in [2.05, 4.69) is 42.2 Å². The molecule has 0 radical (unpaired) electrons. The number of ether oxygens (including phenoxy) is 2. The number of nitrogens with zero attached hydrogens (tertiary/aromatic N) is 1. The minimum atomic E-state index is -0.297. The van der Waals surface area contributed by atoms with Crippen LogP contribution in [0.3, 0.4) is 0 Å². The van der Waals surface area contributed by atoms with Gasteiger partial charge in [-0.3, -0.25) is 4.79 Å². The third-order valence-corrected chi connectivity index (χ3v) is 7.90. The number of halogens is 3. The summed E-state index contributed by atoms with van der Waals surface area (Å²) in [6.45, 7) is 4.26. The molecule has 1 aliphatic rings. The Morgan fingerprint density at radius 3 is 2.43 bits per heavy atom. The van der Waals surface area contributed by atoms with Crippen LogP contribution in [0.25, 0.3) is 6.08 Å². The number of carbonyl (C=O) groups excluding carboxylic acids is 1. The summed E-state index contributed by atoms with van der Waals surface area (Å²) in [6, 6.07) is 13.7. The molecule has 1 saturated heterocycles. The van der Waals surface area contributed by atoms with E-state index in [9.17, 15) is 9.18 Å². The largest absolute Gasteiger partial charge is 0.493 e. The highest BCUT2D eigenvalue weighted by Crippen LogP contribution is 2.39. The van der Waals surface area contributed by atoms with Gasteiger partial charge in [0.2, 0.25) is 0 Å². The predicted octanol–water partition coefficient (Wildman–Crippen LogP) is 7.45. The lowest BCUT2D eigenvalue weighted by Crippen LogP contribution is -2.19. The monoisotopic (exact) mass is 618 g/mol. The molecule has 1 fully saturated rings. The second-order valence-corrected chi connectivity index (χ2v) is 10.5. The topological polar surface area (TPSA) is 59.9 Å². The van der Waals surface area contributed by atoms with Gasteiger partial charge < -0.3 is 14.8 Å². The molecular weight excluding hydrogens is 599 g/mol. The van der Waals surface area contributed by atoms with Gasteiger partial charge in [-0.2, -0.15) is 0 Å². The van der Waals surface area contributed by atoms with Crippen molar-refractivity contribution in [1.29, 1.82) is 0 Å². The smallest absolute Gasteiger partial charge is 0.264 e. The first-order chi connectivity index (χ1) is 16.7. The number of benzene rings is 3. The molecule has 3 aromatic rings. The molecule has 9 heteroatoms. The molecule has 35 heavy (non-hydrogen) atoms. The normalized spacial score (nSPS) is 15.5. The fourth-order valence-electron chi connectivity index (χ4n) is 3.44.